The van der Waals surface area contributed by atoms with Crippen molar-refractivity contribution < 1.29 is 14.6 Å². The van der Waals surface area contributed by atoms with Crippen LogP contribution in [-0.4, -0.2) is 45.2 Å². The van der Waals surface area contributed by atoms with Crippen molar-refractivity contribution in [2.45, 2.75) is 58.5 Å². The van der Waals surface area contributed by atoms with E-state index >= 15 is 0 Å². The lowest BCUT2D eigenvalue weighted by molar-refractivity contribution is -0.151. The second kappa shape index (κ2) is 9.10. The topological polar surface area (TPSA) is 91.3 Å². The monoisotopic (exact) mass is 482 g/mol. The minimum absolute atomic E-state index is 0.00878. The fourth-order valence-corrected chi connectivity index (χ4v) is 5.45. The number of benzene rings is 1. The van der Waals surface area contributed by atoms with E-state index in [0.29, 0.717) is 22.4 Å². The number of carbonyl (C=O) groups is 1. The van der Waals surface area contributed by atoms with Gasteiger partial charge in [-0.2, -0.15) is 4.98 Å². The molecule has 34 heavy (non-hydrogen) atoms. The summed E-state index contributed by atoms with van der Waals surface area (Å²) in [5, 5.41) is 10.1. The van der Waals surface area contributed by atoms with Crippen LogP contribution in [0.5, 0.6) is 6.01 Å². The van der Waals surface area contributed by atoms with Crippen molar-refractivity contribution in [1.82, 2.24) is 15.0 Å². The van der Waals surface area contributed by atoms with Crippen molar-refractivity contribution in [3.8, 4) is 17.3 Å². The quantitative estimate of drug-likeness (QED) is 0.452. The van der Waals surface area contributed by atoms with E-state index in [1.807, 2.05) is 19.9 Å². The first-order chi connectivity index (χ1) is 16.3. The molecule has 1 aliphatic heterocycles. The molecule has 3 heterocycles. The summed E-state index contributed by atoms with van der Waals surface area (Å²) >= 11 is 6.58. The van der Waals surface area contributed by atoms with Crippen molar-refractivity contribution in [3.63, 3.8) is 0 Å². The average molecular weight is 483 g/mol. The lowest BCUT2D eigenvalue weighted by atomic mass is 9.70. The normalized spacial score (nSPS) is 21.2. The third-order valence-corrected chi connectivity index (χ3v) is 7.83. The Morgan fingerprint density at radius 1 is 1.12 bits per heavy atom. The van der Waals surface area contributed by atoms with E-state index in [0.717, 1.165) is 49.9 Å². The summed E-state index contributed by atoms with van der Waals surface area (Å²) in [6.07, 6.45) is 5.77. The summed E-state index contributed by atoms with van der Waals surface area (Å²) in [7, 11) is 0. The lowest BCUT2D eigenvalue weighted by Gasteiger charge is -2.36. The number of nitrogens with zero attached hydrogens (tertiary/aromatic N) is 3. The first kappa shape index (κ1) is 23.0. The third-order valence-electron chi connectivity index (χ3n) is 7.54. The molecule has 0 bridgehead atoms. The molecule has 2 fully saturated rings. The summed E-state index contributed by atoms with van der Waals surface area (Å²) < 4.78 is 6.12. The Kier molecular flexibility index (Phi) is 6.15. The molecule has 0 radical (unpaired) electrons. The molecule has 1 saturated carbocycles. The number of fused-ring (bicyclic) bond motifs is 1. The van der Waals surface area contributed by atoms with Gasteiger partial charge in [0.05, 0.1) is 21.6 Å². The molecule has 2 aromatic heterocycles. The van der Waals surface area contributed by atoms with Crippen LogP contribution in [0.15, 0.2) is 30.3 Å². The zero-order valence-electron chi connectivity index (χ0n) is 19.7. The zero-order chi connectivity index (χ0) is 23.9. The minimum Gasteiger partial charge on any atom is -0.481 e. The Morgan fingerprint density at radius 2 is 1.79 bits per heavy atom. The molecule has 7 nitrogen and oxygen atoms in total. The molecule has 1 aromatic carbocycles. The molecule has 2 aliphatic rings. The van der Waals surface area contributed by atoms with Gasteiger partial charge in [-0.25, -0.2) is 4.98 Å². The Balaban J connectivity index is 1.29. The molecule has 8 heteroatoms. The zero-order valence-corrected chi connectivity index (χ0v) is 20.4. The van der Waals surface area contributed by atoms with Crippen LogP contribution in [0.4, 0.5) is 5.69 Å². The summed E-state index contributed by atoms with van der Waals surface area (Å²) in [4.78, 5) is 26.4. The number of H-pyrrole nitrogens is 1. The summed E-state index contributed by atoms with van der Waals surface area (Å²) in [5.74, 6) is -0.584. The van der Waals surface area contributed by atoms with Crippen molar-refractivity contribution in [3.05, 3.63) is 35.4 Å². The fourth-order valence-electron chi connectivity index (χ4n) is 5.19. The molecule has 0 amide bonds. The van der Waals surface area contributed by atoms with Gasteiger partial charge in [-0.3, -0.25) is 4.79 Å². The molecule has 1 saturated heterocycles. The van der Waals surface area contributed by atoms with Gasteiger partial charge in [-0.1, -0.05) is 23.7 Å². The van der Waals surface area contributed by atoms with Crippen LogP contribution in [0.1, 0.15) is 52.4 Å². The number of ether oxygens (including phenoxy) is 1. The van der Waals surface area contributed by atoms with E-state index in [9.17, 15) is 9.90 Å². The van der Waals surface area contributed by atoms with Gasteiger partial charge in [-0.15, -0.1) is 0 Å². The largest absolute Gasteiger partial charge is 0.481 e. The van der Waals surface area contributed by atoms with Gasteiger partial charge >= 0.3 is 5.97 Å². The molecular weight excluding hydrogens is 452 g/mol. The van der Waals surface area contributed by atoms with E-state index in [1.165, 1.54) is 18.5 Å². The summed E-state index contributed by atoms with van der Waals surface area (Å²) in [6, 6.07) is 10.7. The third kappa shape index (κ3) is 4.45. The number of hydrogen-bond acceptors (Lipinski definition) is 5. The first-order valence-corrected chi connectivity index (χ1v) is 12.5. The number of halogens is 1. The van der Waals surface area contributed by atoms with Crippen LogP contribution >= 0.6 is 11.6 Å². The molecule has 5 rings (SSSR count). The van der Waals surface area contributed by atoms with Crippen LogP contribution in [0.2, 0.25) is 5.02 Å². The molecule has 0 atom stereocenters. The van der Waals surface area contributed by atoms with E-state index in [1.54, 1.807) is 0 Å². The number of imidazole rings is 1. The molecule has 2 N–H and O–H groups in total. The predicted molar refractivity (Wildman–Crippen MR) is 134 cm³/mol. The minimum atomic E-state index is -0.737. The second-order valence-electron chi connectivity index (χ2n) is 10.1. The number of rotatable bonds is 6. The number of carboxylic acids is 1. The van der Waals surface area contributed by atoms with Gasteiger partial charge < -0.3 is 19.7 Å². The fraction of sp³-hybridized carbons (Fsp3) is 0.500. The van der Waals surface area contributed by atoms with Crippen LogP contribution in [0, 0.1) is 11.3 Å². The van der Waals surface area contributed by atoms with Gasteiger partial charge in [0.25, 0.3) is 6.01 Å². The average Bonchev–Trinajstić information content (AvgIpc) is 3.49. The molecule has 180 valence electrons. The molecule has 1 aliphatic carbocycles. The lowest BCUT2D eigenvalue weighted by Crippen LogP contribution is -2.37. The number of aliphatic carboxylic acids is 1. The van der Waals surface area contributed by atoms with E-state index in [-0.39, 0.29) is 12.0 Å². The second-order valence-corrected chi connectivity index (χ2v) is 10.5. The smallest absolute Gasteiger partial charge is 0.309 e. The van der Waals surface area contributed by atoms with Gasteiger partial charge in [0.2, 0.25) is 0 Å². The molecular formula is C26H31ClN4O3. The van der Waals surface area contributed by atoms with Crippen molar-refractivity contribution >= 4 is 34.4 Å². The van der Waals surface area contributed by atoms with Gasteiger partial charge in [0.15, 0.2) is 5.65 Å². The molecule has 0 unspecified atom stereocenters. The SMILES string of the molecule is CC(C)(C(=O)O)C1CCC(Oc2nc3nc(-c4ccc(N5CCCC5)cc4)c(Cl)cc3[nH]2)CC1. The summed E-state index contributed by atoms with van der Waals surface area (Å²) in [6.45, 7) is 5.85. The number of carboxylic acid groups (broad SMARTS) is 1. The maximum absolute atomic E-state index is 11.6. The van der Waals surface area contributed by atoms with Crippen LogP contribution < -0.4 is 9.64 Å². The number of hydrogen-bond donors (Lipinski definition) is 2. The number of anilines is 1. The summed E-state index contributed by atoms with van der Waals surface area (Å²) in [5.41, 5.74) is 3.48. The Hall–Kier alpha value is -2.80. The van der Waals surface area contributed by atoms with E-state index < -0.39 is 11.4 Å². The van der Waals surface area contributed by atoms with Gasteiger partial charge in [-0.05, 0) is 76.5 Å². The number of pyridine rings is 1. The number of aromatic amines is 1. The van der Waals surface area contributed by atoms with Crippen molar-refractivity contribution in [2.75, 3.05) is 18.0 Å². The van der Waals surface area contributed by atoms with Crippen molar-refractivity contribution in [1.29, 1.82) is 0 Å². The predicted octanol–water partition coefficient (Wildman–Crippen LogP) is 5.93. The number of nitrogens with one attached hydrogen (secondary N) is 1. The highest BCUT2D eigenvalue weighted by molar-refractivity contribution is 6.33. The van der Waals surface area contributed by atoms with Crippen LogP contribution in [0.3, 0.4) is 0 Å². The Labute approximate surface area is 204 Å². The van der Waals surface area contributed by atoms with Gasteiger partial charge in [0.1, 0.15) is 6.10 Å². The van der Waals surface area contributed by atoms with Gasteiger partial charge in [0, 0.05) is 24.3 Å². The highest BCUT2D eigenvalue weighted by Gasteiger charge is 2.39. The van der Waals surface area contributed by atoms with E-state index in [2.05, 4.69) is 39.1 Å². The highest BCUT2D eigenvalue weighted by atomic mass is 35.5. The Bertz CT molecular complexity index is 1180. The molecule has 3 aromatic rings. The Morgan fingerprint density at radius 3 is 2.44 bits per heavy atom. The number of aromatic nitrogens is 3. The molecule has 0 spiro atoms. The maximum Gasteiger partial charge on any atom is 0.309 e. The standard InChI is InChI=1S/C26H31ClN4O3/c1-26(2,24(32)33)17-7-11-19(12-8-17)34-25-28-21-15-20(27)22(29-23(21)30-25)16-5-9-18(10-6-16)31-13-3-4-14-31/h5-6,9-10,15,17,19H,3-4,7-8,11-14H2,1-2H3,(H,32,33)(H,28,29,30). The van der Waals surface area contributed by atoms with E-state index in [4.69, 9.17) is 21.3 Å². The van der Waals surface area contributed by atoms with Crippen molar-refractivity contribution in [2.24, 2.45) is 11.3 Å². The first-order valence-electron chi connectivity index (χ1n) is 12.1. The highest BCUT2D eigenvalue weighted by Crippen LogP contribution is 2.39. The maximum atomic E-state index is 11.6. The van der Waals surface area contributed by atoms with Crippen LogP contribution in [0.25, 0.3) is 22.4 Å². The van der Waals surface area contributed by atoms with Crippen LogP contribution in [-0.2, 0) is 4.79 Å².